The van der Waals surface area contributed by atoms with E-state index in [1.807, 2.05) is 18.3 Å². The summed E-state index contributed by atoms with van der Waals surface area (Å²) in [7, 11) is 0. The van der Waals surface area contributed by atoms with Crippen LogP contribution in [0.15, 0.2) is 36.5 Å². The van der Waals surface area contributed by atoms with Crippen molar-refractivity contribution in [3.05, 3.63) is 59.2 Å². The number of hydrogen-bond donors (Lipinski definition) is 1. The van der Waals surface area contributed by atoms with E-state index >= 15 is 0 Å². The summed E-state index contributed by atoms with van der Waals surface area (Å²) < 4.78 is 13.6. The molecular formula is C16H17FN2. The first kappa shape index (κ1) is 12.2. The lowest BCUT2D eigenvalue weighted by Crippen LogP contribution is -2.18. The van der Waals surface area contributed by atoms with E-state index in [1.165, 1.54) is 5.56 Å². The van der Waals surface area contributed by atoms with Crippen molar-refractivity contribution in [3.8, 4) is 0 Å². The van der Waals surface area contributed by atoms with Crippen LogP contribution < -0.4 is 5.32 Å². The normalized spacial score (nSPS) is 17.9. The van der Waals surface area contributed by atoms with Crippen molar-refractivity contribution in [2.24, 2.45) is 0 Å². The number of pyridine rings is 1. The van der Waals surface area contributed by atoms with Gasteiger partial charge in [-0.25, -0.2) is 4.39 Å². The molecule has 0 fully saturated rings. The van der Waals surface area contributed by atoms with Gasteiger partial charge in [-0.3, -0.25) is 4.98 Å². The molecule has 3 rings (SSSR count). The number of rotatable bonds is 2. The second-order valence-electron chi connectivity index (χ2n) is 5.10. The molecule has 0 amide bonds. The molecule has 1 unspecified atom stereocenters. The zero-order valence-corrected chi connectivity index (χ0v) is 11.0. The lowest BCUT2D eigenvalue weighted by molar-refractivity contribution is 0.581. The fourth-order valence-corrected chi connectivity index (χ4v) is 2.63. The van der Waals surface area contributed by atoms with Crippen LogP contribution in [-0.4, -0.2) is 4.98 Å². The van der Waals surface area contributed by atoms with Crippen molar-refractivity contribution in [2.75, 3.05) is 5.32 Å². The van der Waals surface area contributed by atoms with Crippen LogP contribution in [0.4, 0.5) is 10.1 Å². The minimum Gasteiger partial charge on any atom is -0.377 e. The zero-order valence-electron chi connectivity index (χ0n) is 11.0. The van der Waals surface area contributed by atoms with Gasteiger partial charge in [0.25, 0.3) is 0 Å². The standard InChI is InChI=1S/C16H17FN2/c1-11-7-8-13(10-14(11)17)19-15-6-2-4-12-5-3-9-18-16(12)15/h3,5,7-10,15,19H,2,4,6H2,1H3. The largest absolute Gasteiger partial charge is 0.377 e. The highest BCUT2D eigenvalue weighted by Crippen LogP contribution is 2.31. The quantitative estimate of drug-likeness (QED) is 0.877. The van der Waals surface area contributed by atoms with E-state index in [2.05, 4.69) is 16.4 Å². The molecule has 1 aliphatic rings. The van der Waals surface area contributed by atoms with Crippen LogP contribution in [0, 0.1) is 12.7 Å². The van der Waals surface area contributed by atoms with Crippen LogP contribution in [0.5, 0.6) is 0 Å². The Bertz CT molecular complexity index is 595. The smallest absolute Gasteiger partial charge is 0.128 e. The lowest BCUT2D eigenvalue weighted by atomic mass is 9.92. The van der Waals surface area contributed by atoms with Gasteiger partial charge in [-0.2, -0.15) is 0 Å². The van der Waals surface area contributed by atoms with Crippen LogP contribution in [0.2, 0.25) is 0 Å². The van der Waals surface area contributed by atoms with Gasteiger partial charge in [0.1, 0.15) is 5.82 Å². The molecule has 0 saturated heterocycles. The van der Waals surface area contributed by atoms with E-state index in [4.69, 9.17) is 0 Å². The minimum absolute atomic E-state index is 0.165. The molecule has 2 nitrogen and oxygen atoms in total. The van der Waals surface area contributed by atoms with Crippen molar-refractivity contribution in [2.45, 2.75) is 32.2 Å². The van der Waals surface area contributed by atoms with Gasteiger partial charge >= 0.3 is 0 Å². The van der Waals surface area contributed by atoms with Crippen molar-refractivity contribution < 1.29 is 4.39 Å². The number of benzene rings is 1. The summed E-state index contributed by atoms with van der Waals surface area (Å²) in [5.74, 6) is -0.165. The molecule has 1 atom stereocenters. The van der Waals surface area contributed by atoms with E-state index in [-0.39, 0.29) is 11.9 Å². The van der Waals surface area contributed by atoms with Crippen molar-refractivity contribution in [1.29, 1.82) is 0 Å². The number of anilines is 1. The Kier molecular flexibility index (Phi) is 3.20. The molecule has 2 aromatic rings. The van der Waals surface area contributed by atoms with Gasteiger partial charge in [0.2, 0.25) is 0 Å². The molecule has 19 heavy (non-hydrogen) atoms. The Hall–Kier alpha value is -1.90. The highest BCUT2D eigenvalue weighted by molar-refractivity contribution is 5.47. The topological polar surface area (TPSA) is 24.9 Å². The molecule has 0 bridgehead atoms. The van der Waals surface area contributed by atoms with Gasteiger partial charge < -0.3 is 5.32 Å². The number of nitrogens with one attached hydrogen (secondary N) is 1. The predicted molar refractivity (Wildman–Crippen MR) is 74.7 cm³/mol. The summed E-state index contributed by atoms with van der Waals surface area (Å²) in [6.07, 6.45) is 5.10. The summed E-state index contributed by atoms with van der Waals surface area (Å²) in [6.45, 7) is 1.77. The summed E-state index contributed by atoms with van der Waals surface area (Å²) in [5.41, 5.74) is 3.91. The Balaban J connectivity index is 1.86. The number of aryl methyl sites for hydroxylation is 2. The first-order valence-corrected chi connectivity index (χ1v) is 6.70. The number of aromatic nitrogens is 1. The molecule has 1 aromatic heterocycles. The van der Waals surface area contributed by atoms with E-state index < -0.39 is 0 Å². The van der Waals surface area contributed by atoms with Crippen LogP contribution in [0.1, 0.15) is 35.7 Å². The Morgan fingerprint density at radius 3 is 3.05 bits per heavy atom. The maximum Gasteiger partial charge on any atom is 0.128 e. The van der Waals surface area contributed by atoms with E-state index in [1.54, 1.807) is 19.1 Å². The number of halogens is 1. The van der Waals surface area contributed by atoms with E-state index in [0.717, 1.165) is 30.6 Å². The number of nitrogens with zero attached hydrogens (tertiary/aromatic N) is 1. The molecule has 0 saturated carbocycles. The lowest BCUT2D eigenvalue weighted by Gasteiger charge is -2.26. The Morgan fingerprint density at radius 2 is 2.21 bits per heavy atom. The molecule has 3 heteroatoms. The molecule has 1 aliphatic carbocycles. The molecule has 1 heterocycles. The highest BCUT2D eigenvalue weighted by Gasteiger charge is 2.21. The van der Waals surface area contributed by atoms with E-state index in [9.17, 15) is 4.39 Å². The molecule has 0 aliphatic heterocycles. The van der Waals surface area contributed by atoms with Gasteiger partial charge in [-0.05, 0) is 55.5 Å². The van der Waals surface area contributed by atoms with E-state index in [0.29, 0.717) is 5.56 Å². The maximum atomic E-state index is 13.6. The van der Waals surface area contributed by atoms with Crippen LogP contribution >= 0.6 is 0 Å². The van der Waals surface area contributed by atoms with Gasteiger partial charge in [0.05, 0.1) is 11.7 Å². The van der Waals surface area contributed by atoms with Crippen LogP contribution in [0.3, 0.4) is 0 Å². The first-order valence-electron chi connectivity index (χ1n) is 6.70. The van der Waals surface area contributed by atoms with Gasteiger partial charge in [0, 0.05) is 11.9 Å². The third kappa shape index (κ3) is 2.46. The second-order valence-corrected chi connectivity index (χ2v) is 5.10. The van der Waals surface area contributed by atoms with Crippen LogP contribution in [0.25, 0.3) is 0 Å². The average Bonchev–Trinajstić information content (AvgIpc) is 2.43. The van der Waals surface area contributed by atoms with Crippen molar-refractivity contribution >= 4 is 5.69 Å². The Morgan fingerprint density at radius 1 is 1.32 bits per heavy atom. The fraction of sp³-hybridized carbons (Fsp3) is 0.312. The third-order valence-corrected chi connectivity index (χ3v) is 3.71. The average molecular weight is 256 g/mol. The minimum atomic E-state index is -0.165. The molecule has 0 spiro atoms. The van der Waals surface area contributed by atoms with Gasteiger partial charge in [-0.1, -0.05) is 12.1 Å². The SMILES string of the molecule is Cc1ccc(NC2CCCc3cccnc32)cc1F. The van der Waals surface area contributed by atoms with Gasteiger partial charge in [0.15, 0.2) is 0 Å². The van der Waals surface area contributed by atoms with Gasteiger partial charge in [-0.15, -0.1) is 0 Å². The molecule has 98 valence electrons. The van der Waals surface area contributed by atoms with Crippen molar-refractivity contribution in [3.63, 3.8) is 0 Å². The summed E-state index contributed by atoms with van der Waals surface area (Å²) >= 11 is 0. The number of hydrogen-bond acceptors (Lipinski definition) is 2. The van der Waals surface area contributed by atoms with Crippen molar-refractivity contribution in [1.82, 2.24) is 4.98 Å². The molecular weight excluding hydrogens is 239 g/mol. The summed E-state index contributed by atoms with van der Waals surface area (Å²) in [5, 5.41) is 3.40. The maximum absolute atomic E-state index is 13.6. The highest BCUT2D eigenvalue weighted by atomic mass is 19.1. The second kappa shape index (κ2) is 5.00. The first-order chi connectivity index (χ1) is 9.24. The molecule has 1 N–H and O–H groups in total. The molecule has 0 radical (unpaired) electrons. The predicted octanol–water partition coefficient (Wildman–Crippen LogP) is 4.02. The monoisotopic (exact) mass is 256 g/mol. The molecule has 1 aromatic carbocycles. The fourth-order valence-electron chi connectivity index (χ4n) is 2.63. The van der Waals surface area contributed by atoms with Crippen LogP contribution in [-0.2, 0) is 6.42 Å². The zero-order chi connectivity index (χ0) is 13.2. The summed E-state index contributed by atoms with van der Waals surface area (Å²) in [6, 6.07) is 9.59. The third-order valence-electron chi connectivity index (χ3n) is 3.71. The number of fused-ring (bicyclic) bond motifs is 1. The Labute approximate surface area is 112 Å². The summed E-state index contributed by atoms with van der Waals surface area (Å²) in [4.78, 5) is 4.48.